The van der Waals surface area contributed by atoms with Crippen LogP contribution in [-0.2, 0) is 0 Å². The molecule has 2 rings (SSSR count). The summed E-state index contributed by atoms with van der Waals surface area (Å²) >= 11 is 5.86. The first-order valence-corrected chi connectivity index (χ1v) is 5.25. The van der Waals surface area contributed by atoms with Crippen LogP contribution in [0.2, 0.25) is 5.02 Å². The van der Waals surface area contributed by atoms with Gasteiger partial charge in [0.1, 0.15) is 0 Å². The van der Waals surface area contributed by atoms with Crippen LogP contribution in [0.1, 0.15) is 11.3 Å². The molecule has 0 amide bonds. The van der Waals surface area contributed by atoms with E-state index in [1.807, 2.05) is 36.4 Å². The summed E-state index contributed by atoms with van der Waals surface area (Å²) in [6.45, 7) is 0. The van der Waals surface area contributed by atoms with Crippen molar-refractivity contribution in [2.75, 3.05) is 0 Å². The van der Waals surface area contributed by atoms with Gasteiger partial charge in [0.15, 0.2) is 6.20 Å². The lowest BCUT2D eigenvalue weighted by molar-refractivity contribution is -0.607. The molecule has 0 aliphatic heterocycles. The standard InChI is InChI=1S/C13H10ClNO/c14-12-5-3-4-11(10-12)7-8-13-6-1-2-9-15(13)16/h1-10H. The number of rotatable bonds is 2. The summed E-state index contributed by atoms with van der Waals surface area (Å²) in [5.74, 6) is 0. The van der Waals surface area contributed by atoms with E-state index >= 15 is 0 Å². The van der Waals surface area contributed by atoms with Gasteiger partial charge in [0.2, 0.25) is 5.69 Å². The smallest absolute Gasteiger partial charge is 0.216 e. The van der Waals surface area contributed by atoms with E-state index in [4.69, 9.17) is 11.6 Å². The van der Waals surface area contributed by atoms with E-state index in [9.17, 15) is 5.21 Å². The monoisotopic (exact) mass is 231 g/mol. The fourth-order valence-corrected chi connectivity index (χ4v) is 1.56. The lowest BCUT2D eigenvalue weighted by Gasteiger charge is -1.98. The van der Waals surface area contributed by atoms with E-state index in [1.165, 1.54) is 6.20 Å². The molecule has 0 unspecified atom stereocenters. The van der Waals surface area contributed by atoms with Crippen LogP contribution in [0.4, 0.5) is 0 Å². The Hall–Kier alpha value is -1.80. The van der Waals surface area contributed by atoms with Gasteiger partial charge in [0.05, 0.1) is 0 Å². The highest BCUT2D eigenvalue weighted by Crippen LogP contribution is 2.12. The second-order valence-electron chi connectivity index (χ2n) is 3.34. The summed E-state index contributed by atoms with van der Waals surface area (Å²) in [6, 6.07) is 12.7. The Labute approximate surface area is 99.0 Å². The van der Waals surface area contributed by atoms with Gasteiger partial charge in [-0.05, 0) is 29.8 Å². The number of hydrogen-bond acceptors (Lipinski definition) is 1. The highest BCUT2D eigenvalue weighted by molar-refractivity contribution is 6.30. The van der Waals surface area contributed by atoms with Crippen LogP contribution in [0.25, 0.3) is 12.2 Å². The van der Waals surface area contributed by atoms with Gasteiger partial charge in [-0.2, -0.15) is 4.73 Å². The Morgan fingerprint density at radius 2 is 1.94 bits per heavy atom. The van der Waals surface area contributed by atoms with Gasteiger partial charge in [0, 0.05) is 23.2 Å². The summed E-state index contributed by atoms with van der Waals surface area (Å²) < 4.78 is 0.820. The van der Waals surface area contributed by atoms with Crippen molar-refractivity contribution in [3.63, 3.8) is 0 Å². The maximum absolute atomic E-state index is 11.3. The molecule has 3 heteroatoms. The Morgan fingerprint density at radius 3 is 2.69 bits per heavy atom. The normalized spacial score (nSPS) is 10.8. The maximum Gasteiger partial charge on any atom is 0.216 e. The van der Waals surface area contributed by atoms with Crippen LogP contribution in [0.5, 0.6) is 0 Å². The molecule has 1 aromatic heterocycles. The molecule has 0 aliphatic carbocycles. The van der Waals surface area contributed by atoms with Crippen LogP contribution in [-0.4, -0.2) is 0 Å². The Kier molecular flexibility index (Phi) is 3.22. The summed E-state index contributed by atoms with van der Waals surface area (Å²) in [7, 11) is 0. The molecule has 80 valence electrons. The third kappa shape index (κ3) is 2.61. The molecule has 0 spiro atoms. The highest BCUT2D eigenvalue weighted by atomic mass is 35.5. The van der Waals surface area contributed by atoms with Crippen molar-refractivity contribution in [1.82, 2.24) is 0 Å². The quantitative estimate of drug-likeness (QED) is 0.576. The minimum absolute atomic E-state index is 0.600. The van der Waals surface area contributed by atoms with Gasteiger partial charge in [-0.3, -0.25) is 0 Å². The van der Waals surface area contributed by atoms with E-state index in [0.717, 1.165) is 10.3 Å². The first-order valence-electron chi connectivity index (χ1n) is 4.87. The molecule has 0 atom stereocenters. The number of benzene rings is 1. The molecule has 1 heterocycles. The van der Waals surface area contributed by atoms with Gasteiger partial charge in [-0.25, -0.2) is 0 Å². The van der Waals surface area contributed by atoms with Crippen LogP contribution in [0.15, 0.2) is 48.7 Å². The average Bonchev–Trinajstić information content (AvgIpc) is 2.28. The second-order valence-corrected chi connectivity index (χ2v) is 3.78. The van der Waals surface area contributed by atoms with E-state index in [-0.39, 0.29) is 0 Å². The molecule has 0 fully saturated rings. The summed E-state index contributed by atoms with van der Waals surface area (Å²) in [5.41, 5.74) is 1.57. The van der Waals surface area contributed by atoms with Gasteiger partial charge in [-0.15, -0.1) is 0 Å². The summed E-state index contributed by atoms with van der Waals surface area (Å²) in [5, 5.41) is 12.0. The molecule has 0 aliphatic rings. The van der Waals surface area contributed by atoms with Crippen molar-refractivity contribution in [2.24, 2.45) is 0 Å². The van der Waals surface area contributed by atoms with E-state index in [2.05, 4.69) is 0 Å². The minimum atomic E-state index is 0.600. The van der Waals surface area contributed by atoms with Crippen molar-refractivity contribution in [3.05, 3.63) is 70.1 Å². The van der Waals surface area contributed by atoms with E-state index in [1.54, 1.807) is 18.2 Å². The van der Waals surface area contributed by atoms with Crippen LogP contribution >= 0.6 is 11.6 Å². The second kappa shape index (κ2) is 4.81. The van der Waals surface area contributed by atoms with Gasteiger partial charge in [-0.1, -0.05) is 23.7 Å². The SMILES string of the molecule is [O-][n+]1ccccc1C=Cc1cccc(Cl)c1. The van der Waals surface area contributed by atoms with Crippen LogP contribution in [0, 0.1) is 5.21 Å². The zero-order valence-corrected chi connectivity index (χ0v) is 9.26. The largest absolute Gasteiger partial charge is 0.618 e. The number of aromatic nitrogens is 1. The van der Waals surface area contributed by atoms with Crippen molar-refractivity contribution >= 4 is 23.8 Å². The molecule has 0 N–H and O–H groups in total. The molecule has 2 nitrogen and oxygen atoms in total. The predicted molar refractivity (Wildman–Crippen MR) is 65.8 cm³/mol. The molecule has 0 bridgehead atoms. The third-order valence-corrected chi connectivity index (χ3v) is 2.38. The Bertz CT molecular complexity index is 523. The maximum atomic E-state index is 11.3. The summed E-state index contributed by atoms with van der Waals surface area (Å²) in [4.78, 5) is 0. The average molecular weight is 232 g/mol. The lowest BCUT2D eigenvalue weighted by Crippen LogP contribution is -2.28. The summed E-state index contributed by atoms with van der Waals surface area (Å²) in [6.07, 6.45) is 5.09. The molecule has 1 aromatic carbocycles. The van der Waals surface area contributed by atoms with Crippen molar-refractivity contribution in [3.8, 4) is 0 Å². The number of pyridine rings is 1. The topological polar surface area (TPSA) is 26.9 Å². The Morgan fingerprint density at radius 1 is 1.06 bits per heavy atom. The fraction of sp³-hybridized carbons (Fsp3) is 0. The van der Waals surface area contributed by atoms with E-state index < -0.39 is 0 Å². The lowest BCUT2D eigenvalue weighted by atomic mass is 10.2. The number of hydrogen-bond donors (Lipinski definition) is 0. The third-order valence-electron chi connectivity index (χ3n) is 2.15. The molecule has 2 aromatic rings. The highest BCUT2D eigenvalue weighted by Gasteiger charge is 1.97. The van der Waals surface area contributed by atoms with Gasteiger partial charge >= 0.3 is 0 Å². The minimum Gasteiger partial charge on any atom is -0.618 e. The van der Waals surface area contributed by atoms with Crippen molar-refractivity contribution < 1.29 is 4.73 Å². The molecule has 0 saturated heterocycles. The molecule has 0 radical (unpaired) electrons. The number of halogens is 1. The van der Waals surface area contributed by atoms with Crippen molar-refractivity contribution in [2.45, 2.75) is 0 Å². The Balaban J connectivity index is 2.25. The molecular weight excluding hydrogens is 222 g/mol. The first-order chi connectivity index (χ1) is 7.75. The van der Waals surface area contributed by atoms with Crippen LogP contribution < -0.4 is 4.73 Å². The fourth-order valence-electron chi connectivity index (χ4n) is 1.36. The zero-order valence-electron chi connectivity index (χ0n) is 8.51. The van der Waals surface area contributed by atoms with Crippen LogP contribution in [0.3, 0.4) is 0 Å². The number of nitrogens with zero attached hydrogens (tertiary/aromatic N) is 1. The zero-order chi connectivity index (χ0) is 11.4. The van der Waals surface area contributed by atoms with Gasteiger partial charge in [0.25, 0.3) is 0 Å². The van der Waals surface area contributed by atoms with Crippen molar-refractivity contribution in [1.29, 1.82) is 0 Å². The van der Waals surface area contributed by atoms with Gasteiger partial charge < -0.3 is 5.21 Å². The molecular formula is C13H10ClNO. The predicted octanol–water partition coefficient (Wildman–Crippen LogP) is 3.14. The van der Waals surface area contributed by atoms with E-state index in [0.29, 0.717) is 10.7 Å². The first kappa shape index (κ1) is 10.7. The molecule has 0 saturated carbocycles. The molecule has 16 heavy (non-hydrogen) atoms.